The van der Waals surface area contributed by atoms with Crippen LogP contribution in [0.2, 0.25) is 0 Å². The van der Waals surface area contributed by atoms with Crippen LogP contribution in [0.4, 0.5) is 16.4 Å². The topological polar surface area (TPSA) is 105 Å². The molecule has 0 fully saturated rings. The van der Waals surface area contributed by atoms with Crippen LogP contribution in [0.1, 0.15) is 28.3 Å². The Bertz CT molecular complexity index is 1370. The molecule has 9 heteroatoms. The molecule has 0 radical (unpaired) electrons. The maximum absolute atomic E-state index is 11.6. The Morgan fingerprint density at radius 2 is 2.00 bits per heavy atom. The summed E-state index contributed by atoms with van der Waals surface area (Å²) in [5.74, 6) is 2.18. The van der Waals surface area contributed by atoms with Crippen molar-refractivity contribution in [1.82, 2.24) is 24.4 Å². The fraction of sp³-hybridized carbons (Fsp3) is 0.231. The smallest absolute Gasteiger partial charge is 0.407 e. The number of ether oxygens (including phenoxy) is 1. The predicted octanol–water partition coefficient (Wildman–Crippen LogP) is 4.35. The number of rotatable bonds is 6. The second-order valence-electron chi connectivity index (χ2n) is 8.42. The summed E-state index contributed by atoms with van der Waals surface area (Å²) in [6, 6.07) is 15.8. The maximum Gasteiger partial charge on any atom is 0.407 e. The Labute approximate surface area is 203 Å². The molecule has 2 aromatic heterocycles. The SMILES string of the molecule is COc1cccc(Cc2nc(Nc3ccc(-n4ccnc4C)cc3)nc3c2CN(C(=O)O)CC3)c1. The second-order valence-corrected chi connectivity index (χ2v) is 8.42. The van der Waals surface area contributed by atoms with E-state index in [-0.39, 0.29) is 6.54 Å². The minimum absolute atomic E-state index is 0.281. The highest BCUT2D eigenvalue weighted by Crippen LogP contribution is 2.26. The molecule has 2 N–H and O–H groups in total. The minimum atomic E-state index is -0.932. The average molecular weight is 471 g/mol. The average Bonchev–Trinajstić information content (AvgIpc) is 3.30. The quantitative estimate of drug-likeness (QED) is 0.432. The van der Waals surface area contributed by atoms with Gasteiger partial charge in [-0.25, -0.2) is 19.7 Å². The standard InChI is InChI=1S/C26H26N6O3/c1-17-27-11-13-32(17)20-8-6-19(7-9-20)28-25-29-23-10-12-31(26(33)34)16-22(23)24(30-25)15-18-4-3-5-21(14-18)35-2/h3-9,11,13-14H,10,12,15-16H2,1-2H3,(H,33,34)(H,28,29,30). The van der Waals surface area contributed by atoms with E-state index >= 15 is 0 Å². The molecule has 0 spiro atoms. The summed E-state index contributed by atoms with van der Waals surface area (Å²) in [7, 11) is 1.64. The van der Waals surface area contributed by atoms with Crippen molar-refractivity contribution in [3.05, 3.63) is 89.3 Å². The Hall–Kier alpha value is -4.40. The van der Waals surface area contributed by atoms with Crippen molar-refractivity contribution in [2.24, 2.45) is 0 Å². The summed E-state index contributed by atoms with van der Waals surface area (Å²) in [4.78, 5) is 26.8. The molecule has 1 aliphatic rings. The van der Waals surface area contributed by atoms with Gasteiger partial charge in [0.2, 0.25) is 5.95 Å². The van der Waals surface area contributed by atoms with Crippen LogP contribution >= 0.6 is 0 Å². The summed E-state index contributed by atoms with van der Waals surface area (Å²) in [5, 5.41) is 12.8. The van der Waals surface area contributed by atoms with E-state index in [1.807, 2.05) is 66.2 Å². The third-order valence-electron chi connectivity index (χ3n) is 6.15. The van der Waals surface area contributed by atoms with Crippen LogP contribution in [-0.4, -0.2) is 49.3 Å². The molecule has 5 rings (SSSR count). The van der Waals surface area contributed by atoms with E-state index in [0.717, 1.165) is 45.5 Å². The molecule has 9 nitrogen and oxygen atoms in total. The number of anilines is 2. The number of nitrogens with zero attached hydrogens (tertiary/aromatic N) is 5. The van der Waals surface area contributed by atoms with E-state index in [1.54, 1.807) is 13.3 Å². The zero-order chi connectivity index (χ0) is 24.4. The Morgan fingerprint density at radius 3 is 2.71 bits per heavy atom. The summed E-state index contributed by atoms with van der Waals surface area (Å²) >= 11 is 0. The van der Waals surface area contributed by atoms with Crippen molar-refractivity contribution in [2.75, 3.05) is 19.0 Å². The zero-order valence-corrected chi connectivity index (χ0v) is 19.6. The van der Waals surface area contributed by atoms with Crippen LogP contribution in [0.3, 0.4) is 0 Å². The number of methoxy groups -OCH3 is 1. The van der Waals surface area contributed by atoms with Gasteiger partial charge in [-0.05, 0) is 48.9 Å². The number of hydrogen-bond acceptors (Lipinski definition) is 6. The Kier molecular flexibility index (Phi) is 6.05. The van der Waals surface area contributed by atoms with E-state index < -0.39 is 6.09 Å². The predicted molar refractivity (Wildman–Crippen MR) is 132 cm³/mol. The van der Waals surface area contributed by atoms with Gasteiger partial charge in [0.1, 0.15) is 11.6 Å². The number of amides is 1. The number of aromatic nitrogens is 4. The van der Waals surface area contributed by atoms with Gasteiger partial charge in [-0.15, -0.1) is 0 Å². The molecule has 178 valence electrons. The molecule has 0 aliphatic carbocycles. The van der Waals surface area contributed by atoms with Gasteiger partial charge in [0.25, 0.3) is 0 Å². The summed E-state index contributed by atoms with van der Waals surface area (Å²) < 4.78 is 7.38. The van der Waals surface area contributed by atoms with Crippen molar-refractivity contribution in [1.29, 1.82) is 0 Å². The molecule has 0 unspecified atom stereocenters. The monoisotopic (exact) mass is 470 g/mol. The summed E-state index contributed by atoms with van der Waals surface area (Å²) in [5.41, 5.74) is 5.47. The minimum Gasteiger partial charge on any atom is -0.497 e. The first-order chi connectivity index (χ1) is 17.0. The van der Waals surface area contributed by atoms with Gasteiger partial charge in [0, 0.05) is 48.7 Å². The Balaban J connectivity index is 1.45. The van der Waals surface area contributed by atoms with E-state index in [2.05, 4.69) is 10.3 Å². The molecular weight excluding hydrogens is 444 g/mol. The van der Waals surface area contributed by atoms with Crippen molar-refractivity contribution in [2.45, 2.75) is 26.3 Å². The number of aryl methyl sites for hydroxylation is 1. The number of carboxylic acid groups (broad SMARTS) is 1. The number of imidazole rings is 1. The number of carbonyl (C=O) groups is 1. The normalized spacial score (nSPS) is 12.8. The zero-order valence-electron chi connectivity index (χ0n) is 19.6. The highest BCUT2D eigenvalue weighted by molar-refractivity contribution is 5.66. The summed E-state index contributed by atoms with van der Waals surface area (Å²) in [6.45, 7) is 2.65. The third-order valence-corrected chi connectivity index (χ3v) is 6.15. The van der Waals surface area contributed by atoms with E-state index in [0.29, 0.717) is 25.3 Å². The van der Waals surface area contributed by atoms with Crippen LogP contribution in [0.15, 0.2) is 60.9 Å². The van der Waals surface area contributed by atoms with Crippen molar-refractivity contribution in [3.8, 4) is 11.4 Å². The first kappa shape index (κ1) is 22.4. The van der Waals surface area contributed by atoms with Crippen molar-refractivity contribution < 1.29 is 14.6 Å². The number of nitrogens with one attached hydrogen (secondary N) is 1. The second kappa shape index (κ2) is 9.46. The van der Waals surface area contributed by atoms with Gasteiger partial charge >= 0.3 is 6.09 Å². The lowest BCUT2D eigenvalue weighted by atomic mass is 9.99. The van der Waals surface area contributed by atoms with E-state index in [9.17, 15) is 9.90 Å². The van der Waals surface area contributed by atoms with Gasteiger partial charge in [0.15, 0.2) is 0 Å². The number of benzene rings is 2. The van der Waals surface area contributed by atoms with Crippen LogP contribution in [0, 0.1) is 6.92 Å². The summed E-state index contributed by atoms with van der Waals surface area (Å²) in [6.07, 6.45) is 3.86. The van der Waals surface area contributed by atoms with E-state index in [1.165, 1.54) is 4.90 Å². The van der Waals surface area contributed by atoms with Gasteiger partial charge in [-0.1, -0.05) is 12.1 Å². The van der Waals surface area contributed by atoms with Crippen LogP contribution in [-0.2, 0) is 19.4 Å². The fourth-order valence-corrected chi connectivity index (χ4v) is 4.31. The molecule has 35 heavy (non-hydrogen) atoms. The molecule has 2 aromatic carbocycles. The van der Waals surface area contributed by atoms with Gasteiger partial charge in [-0.3, -0.25) is 0 Å². The largest absolute Gasteiger partial charge is 0.497 e. The lowest BCUT2D eigenvalue weighted by molar-refractivity contribution is 0.139. The van der Waals surface area contributed by atoms with Crippen LogP contribution in [0.25, 0.3) is 5.69 Å². The molecule has 1 aliphatic heterocycles. The van der Waals surface area contributed by atoms with E-state index in [4.69, 9.17) is 14.7 Å². The van der Waals surface area contributed by atoms with Gasteiger partial charge < -0.3 is 24.6 Å². The molecule has 0 saturated carbocycles. The molecule has 3 heterocycles. The Morgan fingerprint density at radius 1 is 1.17 bits per heavy atom. The first-order valence-corrected chi connectivity index (χ1v) is 11.4. The maximum atomic E-state index is 11.6. The van der Waals surface area contributed by atoms with Crippen molar-refractivity contribution in [3.63, 3.8) is 0 Å². The molecule has 0 saturated heterocycles. The lowest BCUT2D eigenvalue weighted by Crippen LogP contribution is -2.36. The number of hydrogen-bond donors (Lipinski definition) is 2. The first-order valence-electron chi connectivity index (χ1n) is 11.4. The highest BCUT2D eigenvalue weighted by Gasteiger charge is 2.25. The molecule has 1 amide bonds. The van der Waals surface area contributed by atoms with Crippen molar-refractivity contribution >= 4 is 17.7 Å². The third kappa shape index (κ3) is 4.79. The van der Waals surface area contributed by atoms with Gasteiger partial charge in [-0.2, -0.15) is 0 Å². The molecule has 0 atom stereocenters. The van der Waals surface area contributed by atoms with Gasteiger partial charge in [0.05, 0.1) is 25.0 Å². The lowest BCUT2D eigenvalue weighted by Gasteiger charge is -2.27. The molecular formula is C26H26N6O3. The van der Waals surface area contributed by atoms with Crippen LogP contribution < -0.4 is 10.1 Å². The fourth-order valence-electron chi connectivity index (χ4n) is 4.31. The molecule has 0 bridgehead atoms. The number of fused-ring (bicyclic) bond motifs is 1. The van der Waals surface area contributed by atoms with Crippen LogP contribution in [0.5, 0.6) is 5.75 Å². The highest BCUT2D eigenvalue weighted by atomic mass is 16.5. The molecule has 4 aromatic rings.